The zero-order valence-corrected chi connectivity index (χ0v) is 13.5. The van der Waals surface area contributed by atoms with Crippen LogP contribution in [0.3, 0.4) is 0 Å². The summed E-state index contributed by atoms with van der Waals surface area (Å²) in [6, 6.07) is 15.1. The lowest BCUT2D eigenvalue weighted by Gasteiger charge is -2.17. The van der Waals surface area contributed by atoms with Crippen LogP contribution in [-0.4, -0.2) is 41.5 Å². The lowest BCUT2D eigenvalue weighted by molar-refractivity contribution is -0.137. The quantitative estimate of drug-likeness (QED) is 0.750. The van der Waals surface area contributed by atoms with E-state index in [-0.39, 0.29) is 18.9 Å². The minimum atomic E-state index is -1.10. The van der Waals surface area contributed by atoms with Crippen LogP contribution < -0.4 is 5.32 Å². The van der Waals surface area contributed by atoms with Crippen molar-refractivity contribution < 1.29 is 24.5 Å². The van der Waals surface area contributed by atoms with Crippen molar-refractivity contribution in [2.45, 2.75) is 18.4 Å². The van der Waals surface area contributed by atoms with E-state index in [2.05, 4.69) is 5.32 Å². The summed E-state index contributed by atoms with van der Waals surface area (Å²) in [7, 11) is 0. The van der Waals surface area contributed by atoms with Crippen molar-refractivity contribution in [1.82, 2.24) is 5.32 Å². The van der Waals surface area contributed by atoms with Crippen molar-refractivity contribution in [3.05, 3.63) is 59.7 Å². The third-order valence-electron chi connectivity index (χ3n) is 4.31. The van der Waals surface area contributed by atoms with Crippen LogP contribution in [0.2, 0.25) is 0 Å². The molecule has 0 bridgehead atoms. The molecule has 0 heterocycles. The summed E-state index contributed by atoms with van der Waals surface area (Å²) in [6.45, 7) is -0.318. The molecule has 3 rings (SSSR count). The summed E-state index contributed by atoms with van der Waals surface area (Å²) in [5.74, 6) is -1.16. The van der Waals surface area contributed by atoms with Crippen LogP contribution in [-0.2, 0) is 9.53 Å². The van der Waals surface area contributed by atoms with Gasteiger partial charge in [-0.15, -0.1) is 0 Å². The van der Waals surface area contributed by atoms with Crippen molar-refractivity contribution in [1.29, 1.82) is 0 Å². The third kappa shape index (κ3) is 3.64. The Morgan fingerprint density at radius 2 is 1.60 bits per heavy atom. The van der Waals surface area contributed by atoms with Crippen molar-refractivity contribution in [3.63, 3.8) is 0 Å². The number of carbonyl (C=O) groups excluding carboxylic acids is 1. The maximum Gasteiger partial charge on any atom is 0.407 e. The first-order valence-corrected chi connectivity index (χ1v) is 8.04. The number of rotatable bonds is 6. The number of amides is 1. The number of aliphatic hydroxyl groups excluding tert-OH is 1. The Morgan fingerprint density at radius 3 is 2.12 bits per heavy atom. The predicted molar refractivity (Wildman–Crippen MR) is 91.3 cm³/mol. The van der Waals surface area contributed by atoms with E-state index in [1.807, 2.05) is 48.5 Å². The van der Waals surface area contributed by atoms with Crippen LogP contribution in [0.1, 0.15) is 23.5 Å². The largest absolute Gasteiger partial charge is 0.481 e. The summed E-state index contributed by atoms with van der Waals surface area (Å²) in [4.78, 5) is 22.6. The molecule has 0 aliphatic heterocycles. The first-order valence-electron chi connectivity index (χ1n) is 8.04. The fourth-order valence-corrected chi connectivity index (χ4v) is 3.18. The number of ether oxygens (including phenoxy) is 1. The van der Waals surface area contributed by atoms with E-state index in [4.69, 9.17) is 14.9 Å². The van der Waals surface area contributed by atoms with Crippen LogP contribution in [0, 0.1) is 0 Å². The number of nitrogens with one attached hydrogen (secondary N) is 1. The number of benzene rings is 2. The minimum Gasteiger partial charge on any atom is -0.481 e. The molecular formula is C19H19NO5. The van der Waals surface area contributed by atoms with Gasteiger partial charge in [0.1, 0.15) is 6.61 Å². The van der Waals surface area contributed by atoms with Gasteiger partial charge in [0.15, 0.2) is 0 Å². The fraction of sp³-hybridized carbons (Fsp3) is 0.263. The van der Waals surface area contributed by atoms with Gasteiger partial charge in [-0.1, -0.05) is 48.5 Å². The normalized spacial score (nSPS) is 13.6. The van der Waals surface area contributed by atoms with E-state index >= 15 is 0 Å². The fourth-order valence-electron chi connectivity index (χ4n) is 3.18. The van der Waals surface area contributed by atoms with Gasteiger partial charge in [-0.25, -0.2) is 4.79 Å². The number of hydrogen-bond donors (Lipinski definition) is 3. The van der Waals surface area contributed by atoms with Gasteiger partial charge in [-0.3, -0.25) is 4.79 Å². The van der Waals surface area contributed by atoms with Crippen molar-refractivity contribution >= 4 is 12.1 Å². The average molecular weight is 341 g/mol. The second-order valence-corrected chi connectivity index (χ2v) is 5.95. The minimum absolute atomic E-state index is 0.0646. The molecule has 2 aromatic rings. The molecule has 0 unspecified atom stereocenters. The van der Waals surface area contributed by atoms with E-state index in [9.17, 15) is 9.59 Å². The summed E-state index contributed by atoms with van der Waals surface area (Å²) in [5.41, 5.74) is 4.46. The Hall–Kier alpha value is -2.86. The number of fused-ring (bicyclic) bond motifs is 3. The van der Waals surface area contributed by atoms with Gasteiger partial charge in [0.2, 0.25) is 0 Å². The third-order valence-corrected chi connectivity index (χ3v) is 4.31. The van der Waals surface area contributed by atoms with Gasteiger partial charge in [0, 0.05) is 5.92 Å². The van der Waals surface area contributed by atoms with Gasteiger partial charge in [0.25, 0.3) is 0 Å². The van der Waals surface area contributed by atoms with Gasteiger partial charge in [0.05, 0.1) is 19.1 Å². The van der Waals surface area contributed by atoms with Crippen molar-refractivity contribution in [2.75, 3.05) is 13.2 Å². The number of carboxylic acids is 1. The van der Waals surface area contributed by atoms with Gasteiger partial charge >= 0.3 is 12.1 Å². The van der Waals surface area contributed by atoms with Crippen LogP contribution in [0.4, 0.5) is 4.79 Å². The average Bonchev–Trinajstić information content (AvgIpc) is 2.93. The van der Waals surface area contributed by atoms with Gasteiger partial charge in [-0.2, -0.15) is 0 Å². The zero-order valence-electron chi connectivity index (χ0n) is 13.5. The Kier molecular flexibility index (Phi) is 5.00. The molecule has 0 radical (unpaired) electrons. The zero-order chi connectivity index (χ0) is 17.8. The van der Waals surface area contributed by atoms with E-state index in [0.29, 0.717) is 0 Å². The van der Waals surface area contributed by atoms with Gasteiger partial charge in [-0.05, 0) is 22.3 Å². The second-order valence-electron chi connectivity index (χ2n) is 5.95. The van der Waals surface area contributed by atoms with Crippen LogP contribution in [0.15, 0.2) is 48.5 Å². The molecule has 6 nitrogen and oxygen atoms in total. The number of aliphatic hydroxyl groups is 1. The van der Waals surface area contributed by atoms with E-state index < -0.39 is 24.7 Å². The lowest BCUT2D eigenvalue weighted by Crippen LogP contribution is -2.39. The van der Waals surface area contributed by atoms with Crippen molar-refractivity contribution in [3.8, 4) is 11.1 Å². The smallest absolute Gasteiger partial charge is 0.407 e. The van der Waals surface area contributed by atoms with E-state index in [1.165, 1.54) is 0 Å². The summed E-state index contributed by atoms with van der Waals surface area (Å²) in [5, 5.41) is 20.3. The SMILES string of the molecule is O=C(O)C[C@@H](CO)NC(=O)OCC1c2ccccc2-c2ccccc21. The molecule has 1 atom stereocenters. The number of alkyl carbamates (subject to hydrolysis) is 1. The standard InChI is InChI=1S/C19H19NO5/c21-10-12(9-18(22)23)20-19(24)25-11-17-15-7-3-1-5-13(15)14-6-2-4-8-16(14)17/h1-8,12,17,21H,9-11H2,(H,20,24)(H,22,23)/t12-/m0/s1. The second kappa shape index (κ2) is 7.36. The molecule has 130 valence electrons. The summed E-state index contributed by atoms with van der Waals surface area (Å²) >= 11 is 0. The molecule has 1 aliphatic carbocycles. The molecule has 0 saturated carbocycles. The molecule has 6 heteroatoms. The summed E-state index contributed by atoms with van der Waals surface area (Å²) in [6.07, 6.45) is -1.09. The molecule has 3 N–H and O–H groups in total. The number of hydrogen-bond acceptors (Lipinski definition) is 4. The first kappa shape index (κ1) is 17.0. The highest BCUT2D eigenvalue weighted by molar-refractivity contribution is 5.79. The Bertz CT molecular complexity index is 743. The molecule has 0 fully saturated rings. The predicted octanol–water partition coefficient (Wildman–Crippen LogP) is 2.36. The Balaban J connectivity index is 1.69. The maximum absolute atomic E-state index is 11.9. The molecule has 0 aromatic heterocycles. The Labute approximate surface area is 145 Å². The molecule has 0 saturated heterocycles. The number of carbonyl (C=O) groups is 2. The number of carboxylic acid groups (broad SMARTS) is 1. The van der Waals surface area contributed by atoms with Gasteiger partial charge < -0.3 is 20.3 Å². The highest BCUT2D eigenvalue weighted by Crippen LogP contribution is 2.44. The molecular weight excluding hydrogens is 322 g/mol. The highest BCUT2D eigenvalue weighted by atomic mass is 16.5. The van der Waals surface area contributed by atoms with Crippen LogP contribution in [0.25, 0.3) is 11.1 Å². The first-order chi connectivity index (χ1) is 12.1. The van der Waals surface area contributed by atoms with Crippen LogP contribution >= 0.6 is 0 Å². The van der Waals surface area contributed by atoms with Crippen molar-refractivity contribution in [2.24, 2.45) is 0 Å². The molecule has 25 heavy (non-hydrogen) atoms. The molecule has 1 amide bonds. The summed E-state index contributed by atoms with van der Waals surface area (Å²) < 4.78 is 5.30. The van der Waals surface area contributed by atoms with E-state index in [1.54, 1.807) is 0 Å². The monoisotopic (exact) mass is 341 g/mol. The highest BCUT2D eigenvalue weighted by Gasteiger charge is 2.29. The molecule has 0 spiro atoms. The molecule has 2 aromatic carbocycles. The number of aliphatic carboxylic acids is 1. The van der Waals surface area contributed by atoms with E-state index in [0.717, 1.165) is 22.3 Å². The maximum atomic E-state index is 11.9. The lowest BCUT2D eigenvalue weighted by atomic mass is 9.98. The Morgan fingerprint density at radius 1 is 1.04 bits per heavy atom. The van der Waals surface area contributed by atoms with Crippen LogP contribution in [0.5, 0.6) is 0 Å². The molecule has 1 aliphatic rings. The topological polar surface area (TPSA) is 95.9 Å².